The van der Waals surface area contributed by atoms with Crippen LogP contribution in [0.1, 0.15) is 11.1 Å². The van der Waals surface area contributed by atoms with Gasteiger partial charge in [-0.05, 0) is 60.9 Å². The van der Waals surface area contributed by atoms with Crippen molar-refractivity contribution >= 4 is 33.3 Å². The summed E-state index contributed by atoms with van der Waals surface area (Å²) in [5, 5.41) is 9.47. The molecule has 2 aromatic rings. The maximum absolute atomic E-state index is 12.8. The van der Waals surface area contributed by atoms with Crippen LogP contribution in [0.3, 0.4) is 0 Å². The molecule has 0 aliphatic rings. The van der Waals surface area contributed by atoms with Gasteiger partial charge in [0.15, 0.2) is 0 Å². The van der Waals surface area contributed by atoms with Crippen LogP contribution in [0.25, 0.3) is 0 Å². The highest BCUT2D eigenvalue weighted by Gasteiger charge is 2.23. The smallest absolute Gasteiger partial charge is 0.320 e. The fraction of sp³-hybridized carbons (Fsp3) is 0.235. The first-order valence-electron chi connectivity index (χ1n) is 7.45. The summed E-state index contributed by atoms with van der Waals surface area (Å²) in [5.41, 5.74) is 7.40. The van der Waals surface area contributed by atoms with Gasteiger partial charge in [0, 0.05) is 12.1 Å². The number of rotatable bonds is 6. The van der Waals surface area contributed by atoms with E-state index in [1.54, 1.807) is 37.3 Å². The van der Waals surface area contributed by atoms with Crippen molar-refractivity contribution in [1.29, 1.82) is 0 Å². The average molecular weight is 383 g/mol. The van der Waals surface area contributed by atoms with Gasteiger partial charge in [-0.1, -0.05) is 17.7 Å². The van der Waals surface area contributed by atoms with Crippen molar-refractivity contribution in [3.63, 3.8) is 0 Å². The highest BCUT2D eigenvalue weighted by molar-refractivity contribution is 7.92. The Balaban J connectivity index is 2.39. The standard InChI is InChI=1S/C17H19ClN2O4S/c1-11-3-8-15(9-12(11)10-16(19)17(21)22)25(23,24)20(2)14-6-4-13(18)5-7-14/h3-9,16H,10,19H2,1-2H3,(H,21,22)/t16-/m0/s1. The molecule has 0 aliphatic heterocycles. The number of anilines is 1. The van der Waals surface area contributed by atoms with Crippen molar-refractivity contribution in [1.82, 2.24) is 0 Å². The number of aliphatic carboxylic acids is 1. The molecule has 2 rings (SSSR count). The molecule has 3 N–H and O–H groups in total. The molecule has 0 saturated heterocycles. The minimum Gasteiger partial charge on any atom is -0.480 e. The lowest BCUT2D eigenvalue weighted by molar-refractivity contribution is -0.138. The third kappa shape index (κ3) is 4.31. The van der Waals surface area contributed by atoms with Crippen molar-refractivity contribution in [3.8, 4) is 0 Å². The summed E-state index contributed by atoms with van der Waals surface area (Å²) in [6.45, 7) is 1.78. The van der Waals surface area contributed by atoms with E-state index in [1.807, 2.05) is 0 Å². The SMILES string of the molecule is Cc1ccc(S(=O)(=O)N(C)c2ccc(Cl)cc2)cc1C[C@H](N)C(=O)O. The number of hydrogen-bond donors (Lipinski definition) is 2. The molecular weight excluding hydrogens is 364 g/mol. The van der Waals surface area contributed by atoms with Crippen LogP contribution in [0.2, 0.25) is 5.02 Å². The minimum absolute atomic E-state index is 0.0508. The van der Waals surface area contributed by atoms with Crippen LogP contribution in [-0.2, 0) is 21.2 Å². The first kappa shape index (κ1) is 19.2. The third-order valence-electron chi connectivity index (χ3n) is 3.93. The maximum atomic E-state index is 12.8. The maximum Gasteiger partial charge on any atom is 0.320 e. The van der Waals surface area contributed by atoms with E-state index in [2.05, 4.69) is 0 Å². The predicted molar refractivity (Wildman–Crippen MR) is 97.5 cm³/mol. The summed E-state index contributed by atoms with van der Waals surface area (Å²) in [4.78, 5) is 11.0. The summed E-state index contributed by atoms with van der Waals surface area (Å²) < 4.78 is 26.8. The average Bonchev–Trinajstić information content (AvgIpc) is 2.56. The molecule has 0 fully saturated rings. The van der Waals surface area contributed by atoms with E-state index in [-0.39, 0.29) is 11.3 Å². The van der Waals surface area contributed by atoms with Crippen molar-refractivity contribution < 1.29 is 18.3 Å². The molecule has 0 saturated carbocycles. The first-order valence-corrected chi connectivity index (χ1v) is 9.27. The Morgan fingerprint density at radius 3 is 2.40 bits per heavy atom. The normalized spacial score (nSPS) is 12.6. The predicted octanol–water partition coefficient (Wildman–Crippen LogP) is 2.43. The van der Waals surface area contributed by atoms with Crippen LogP contribution >= 0.6 is 11.6 Å². The number of carbonyl (C=O) groups is 1. The molecule has 2 aromatic carbocycles. The fourth-order valence-electron chi connectivity index (χ4n) is 2.30. The van der Waals surface area contributed by atoms with Crippen LogP contribution in [0.4, 0.5) is 5.69 Å². The van der Waals surface area contributed by atoms with Crippen molar-refractivity contribution in [2.75, 3.05) is 11.4 Å². The van der Waals surface area contributed by atoms with Gasteiger partial charge in [0.2, 0.25) is 0 Å². The largest absolute Gasteiger partial charge is 0.480 e. The second-order valence-electron chi connectivity index (χ2n) is 5.69. The van der Waals surface area contributed by atoms with E-state index in [0.29, 0.717) is 16.3 Å². The van der Waals surface area contributed by atoms with E-state index >= 15 is 0 Å². The van der Waals surface area contributed by atoms with Gasteiger partial charge in [-0.2, -0.15) is 0 Å². The quantitative estimate of drug-likeness (QED) is 0.799. The number of hydrogen-bond acceptors (Lipinski definition) is 4. The molecule has 0 spiro atoms. The third-order valence-corrected chi connectivity index (χ3v) is 5.96. The summed E-state index contributed by atoms with van der Waals surface area (Å²) in [6, 6.07) is 9.94. The minimum atomic E-state index is -3.80. The van der Waals surface area contributed by atoms with E-state index in [9.17, 15) is 13.2 Å². The second-order valence-corrected chi connectivity index (χ2v) is 8.09. The van der Waals surface area contributed by atoms with E-state index in [1.165, 1.54) is 19.2 Å². The number of nitrogens with two attached hydrogens (primary N) is 1. The van der Waals surface area contributed by atoms with Gasteiger partial charge in [0.1, 0.15) is 6.04 Å². The number of benzene rings is 2. The molecule has 1 atom stereocenters. The van der Waals surface area contributed by atoms with Gasteiger partial charge in [-0.25, -0.2) is 8.42 Å². The van der Waals surface area contributed by atoms with Gasteiger partial charge in [0.05, 0.1) is 10.6 Å². The monoisotopic (exact) mass is 382 g/mol. The molecule has 134 valence electrons. The number of aryl methyl sites for hydroxylation is 1. The van der Waals surface area contributed by atoms with Crippen LogP contribution in [0.5, 0.6) is 0 Å². The lowest BCUT2D eigenvalue weighted by atomic mass is 10.0. The Bertz CT molecular complexity index is 882. The Labute approximate surface area is 151 Å². The molecular formula is C17H19ClN2O4S. The number of carboxylic acid groups (broad SMARTS) is 1. The van der Waals surface area contributed by atoms with E-state index in [0.717, 1.165) is 9.87 Å². The fourth-order valence-corrected chi connectivity index (χ4v) is 3.67. The number of nitrogens with zero attached hydrogens (tertiary/aromatic N) is 1. The number of halogens is 1. The van der Waals surface area contributed by atoms with Crippen LogP contribution in [0, 0.1) is 6.92 Å². The Hall–Kier alpha value is -2.09. The summed E-state index contributed by atoms with van der Waals surface area (Å²) >= 11 is 5.83. The molecule has 0 aliphatic carbocycles. The summed E-state index contributed by atoms with van der Waals surface area (Å²) in [5.74, 6) is -1.13. The van der Waals surface area contributed by atoms with Crippen molar-refractivity contribution in [3.05, 3.63) is 58.6 Å². The second kappa shape index (κ2) is 7.43. The highest BCUT2D eigenvalue weighted by atomic mass is 35.5. The Morgan fingerprint density at radius 2 is 1.84 bits per heavy atom. The summed E-state index contributed by atoms with van der Waals surface area (Å²) in [6.07, 6.45) is 0.0508. The van der Waals surface area contributed by atoms with Gasteiger partial charge < -0.3 is 10.8 Å². The van der Waals surface area contributed by atoms with Gasteiger partial charge >= 0.3 is 5.97 Å². The topological polar surface area (TPSA) is 101 Å². The first-order chi connectivity index (χ1) is 11.6. The summed E-state index contributed by atoms with van der Waals surface area (Å²) in [7, 11) is -2.35. The lowest BCUT2D eigenvalue weighted by Gasteiger charge is -2.20. The molecule has 0 heterocycles. The van der Waals surface area contributed by atoms with E-state index in [4.69, 9.17) is 22.4 Å². The van der Waals surface area contributed by atoms with Gasteiger partial charge in [-0.15, -0.1) is 0 Å². The molecule has 8 heteroatoms. The molecule has 0 unspecified atom stereocenters. The molecule has 0 aromatic heterocycles. The molecule has 0 radical (unpaired) electrons. The van der Waals surface area contributed by atoms with E-state index < -0.39 is 22.0 Å². The lowest BCUT2D eigenvalue weighted by Crippen LogP contribution is -2.32. The van der Waals surface area contributed by atoms with Crippen molar-refractivity contribution in [2.45, 2.75) is 24.3 Å². The van der Waals surface area contributed by atoms with Crippen LogP contribution < -0.4 is 10.0 Å². The Kier molecular flexibility index (Phi) is 5.72. The number of sulfonamides is 1. The zero-order valence-corrected chi connectivity index (χ0v) is 15.4. The van der Waals surface area contributed by atoms with Crippen LogP contribution in [0.15, 0.2) is 47.4 Å². The van der Waals surface area contributed by atoms with Gasteiger partial charge in [0.25, 0.3) is 10.0 Å². The zero-order chi connectivity index (χ0) is 18.8. The van der Waals surface area contributed by atoms with Gasteiger partial charge in [-0.3, -0.25) is 9.10 Å². The molecule has 0 bridgehead atoms. The Morgan fingerprint density at radius 1 is 1.24 bits per heavy atom. The van der Waals surface area contributed by atoms with Crippen molar-refractivity contribution in [2.24, 2.45) is 5.73 Å². The highest BCUT2D eigenvalue weighted by Crippen LogP contribution is 2.25. The molecule has 0 amide bonds. The zero-order valence-electron chi connectivity index (χ0n) is 13.8. The molecule has 25 heavy (non-hydrogen) atoms. The number of carboxylic acids is 1. The molecule has 6 nitrogen and oxygen atoms in total. The van der Waals surface area contributed by atoms with Crippen LogP contribution in [-0.4, -0.2) is 32.6 Å².